The molecule has 5 heteroatoms. The van der Waals surface area contributed by atoms with Gasteiger partial charge < -0.3 is 5.11 Å². The van der Waals surface area contributed by atoms with Crippen LogP contribution in [-0.2, 0) is 17.8 Å². The second kappa shape index (κ2) is 4.35. The molecular formula is C14H13NO3S. The topological polar surface area (TPSA) is 59.3 Å². The zero-order valence-corrected chi connectivity index (χ0v) is 11.2. The first kappa shape index (κ1) is 12.2. The van der Waals surface area contributed by atoms with Crippen LogP contribution in [0.3, 0.4) is 0 Å². The van der Waals surface area contributed by atoms with Crippen LogP contribution in [0.5, 0.6) is 0 Å². The fraction of sp³-hybridized carbons (Fsp3) is 0.286. The van der Waals surface area contributed by atoms with Crippen LogP contribution in [0.4, 0.5) is 0 Å². The highest BCUT2D eigenvalue weighted by molar-refractivity contribution is 7.09. The van der Waals surface area contributed by atoms with E-state index in [1.165, 1.54) is 21.5 Å². The smallest absolute Gasteiger partial charge is 0.323 e. The third-order valence-corrected chi connectivity index (χ3v) is 4.50. The molecule has 1 unspecified atom stereocenters. The Morgan fingerprint density at radius 1 is 1.47 bits per heavy atom. The summed E-state index contributed by atoms with van der Waals surface area (Å²) in [5.74, 6) is -0.626. The van der Waals surface area contributed by atoms with E-state index in [1.54, 1.807) is 0 Å². The number of hydrogen-bond donors (Lipinski definition) is 1. The van der Waals surface area contributed by atoms with Gasteiger partial charge in [0.1, 0.15) is 6.54 Å². The van der Waals surface area contributed by atoms with Crippen LogP contribution in [0, 0.1) is 0 Å². The summed E-state index contributed by atoms with van der Waals surface area (Å²) in [4.78, 5) is 23.7. The molecule has 1 N–H and O–H groups in total. The van der Waals surface area contributed by atoms with Gasteiger partial charge in [-0.2, -0.15) is 0 Å². The number of hydrogen-bond acceptors (Lipinski definition) is 3. The molecule has 4 nitrogen and oxygen atoms in total. The molecule has 0 saturated heterocycles. The Bertz CT molecular complexity index is 714. The molecule has 1 aromatic carbocycles. The Kier molecular flexibility index (Phi) is 2.78. The van der Waals surface area contributed by atoms with Crippen LogP contribution in [0.25, 0.3) is 11.3 Å². The van der Waals surface area contributed by atoms with E-state index >= 15 is 0 Å². The van der Waals surface area contributed by atoms with Crippen molar-refractivity contribution in [1.29, 1.82) is 0 Å². The summed E-state index contributed by atoms with van der Waals surface area (Å²) in [6.45, 7) is 1.86. The third-order valence-electron chi connectivity index (χ3n) is 3.50. The number of carboxylic acids is 1. The number of benzene rings is 1. The molecule has 1 atom stereocenters. The second-order valence-corrected chi connectivity index (χ2v) is 5.86. The van der Waals surface area contributed by atoms with Gasteiger partial charge in [-0.1, -0.05) is 42.5 Å². The van der Waals surface area contributed by atoms with E-state index in [0.29, 0.717) is 5.92 Å². The van der Waals surface area contributed by atoms with E-state index in [-0.39, 0.29) is 11.4 Å². The second-order valence-electron chi connectivity index (χ2n) is 4.81. The Balaban J connectivity index is 2.27. The summed E-state index contributed by atoms with van der Waals surface area (Å²) in [5, 5.41) is 8.96. The molecule has 19 heavy (non-hydrogen) atoms. The van der Waals surface area contributed by atoms with Crippen molar-refractivity contribution in [2.24, 2.45) is 0 Å². The van der Waals surface area contributed by atoms with Gasteiger partial charge in [0.15, 0.2) is 0 Å². The molecule has 0 aliphatic heterocycles. The number of fused-ring (bicyclic) bond motifs is 3. The standard InChI is InChI=1S/C14H13NO3S/c1-8-6-11-13(10-5-3-2-4-9(8)10)15(7-12(16)17)14(18)19-11/h2-5,8H,6-7H2,1H3,(H,16,17). The van der Waals surface area contributed by atoms with Crippen LogP contribution in [-0.4, -0.2) is 15.6 Å². The molecule has 3 rings (SSSR count). The molecule has 0 saturated carbocycles. The molecule has 1 aliphatic carbocycles. The number of aliphatic carboxylic acids is 1. The van der Waals surface area contributed by atoms with Crippen molar-refractivity contribution in [1.82, 2.24) is 4.57 Å². The van der Waals surface area contributed by atoms with E-state index < -0.39 is 5.97 Å². The number of carbonyl (C=O) groups is 1. The minimum absolute atomic E-state index is 0.184. The van der Waals surface area contributed by atoms with E-state index in [2.05, 4.69) is 13.0 Å². The van der Waals surface area contributed by atoms with Gasteiger partial charge in [0, 0.05) is 10.4 Å². The molecule has 2 aromatic rings. The highest BCUT2D eigenvalue weighted by Gasteiger charge is 2.27. The predicted molar refractivity (Wildman–Crippen MR) is 73.8 cm³/mol. The Hall–Kier alpha value is -1.88. The first-order valence-electron chi connectivity index (χ1n) is 6.11. The Morgan fingerprint density at radius 2 is 2.21 bits per heavy atom. The van der Waals surface area contributed by atoms with Gasteiger partial charge in [-0.3, -0.25) is 14.2 Å². The molecule has 1 heterocycles. The van der Waals surface area contributed by atoms with Gasteiger partial charge in [-0.25, -0.2) is 0 Å². The third kappa shape index (κ3) is 1.90. The maximum atomic E-state index is 12.0. The van der Waals surface area contributed by atoms with E-state index in [9.17, 15) is 9.59 Å². The number of aromatic nitrogens is 1. The van der Waals surface area contributed by atoms with Gasteiger partial charge in [0.05, 0.1) is 5.69 Å². The average Bonchev–Trinajstić information content (AvgIpc) is 2.66. The first-order valence-corrected chi connectivity index (χ1v) is 6.93. The van der Waals surface area contributed by atoms with Crippen LogP contribution in [0.15, 0.2) is 29.1 Å². The van der Waals surface area contributed by atoms with Crippen LogP contribution in [0.2, 0.25) is 0 Å². The minimum atomic E-state index is -0.987. The molecule has 0 radical (unpaired) electrons. The quantitative estimate of drug-likeness (QED) is 0.915. The van der Waals surface area contributed by atoms with Crippen molar-refractivity contribution in [2.75, 3.05) is 0 Å². The van der Waals surface area contributed by atoms with Crippen molar-refractivity contribution < 1.29 is 9.90 Å². The van der Waals surface area contributed by atoms with Gasteiger partial charge >= 0.3 is 10.8 Å². The summed E-state index contributed by atoms with van der Waals surface area (Å²) in [7, 11) is 0. The number of nitrogens with zero attached hydrogens (tertiary/aromatic N) is 1. The minimum Gasteiger partial charge on any atom is -0.480 e. The summed E-state index contributed by atoms with van der Waals surface area (Å²) in [6, 6.07) is 7.92. The maximum Gasteiger partial charge on any atom is 0.323 e. The van der Waals surface area contributed by atoms with Gasteiger partial charge in [-0.15, -0.1) is 0 Å². The fourth-order valence-electron chi connectivity index (χ4n) is 2.69. The summed E-state index contributed by atoms with van der Waals surface area (Å²) < 4.78 is 1.38. The van der Waals surface area contributed by atoms with Gasteiger partial charge in [-0.05, 0) is 17.9 Å². The summed E-state index contributed by atoms with van der Waals surface area (Å²) in [5.41, 5.74) is 2.98. The van der Waals surface area contributed by atoms with Crippen molar-refractivity contribution in [3.05, 3.63) is 44.4 Å². The average molecular weight is 275 g/mol. The molecule has 0 bridgehead atoms. The molecule has 1 aliphatic rings. The molecule has 1 aromatic heterocycles. The lowest BCUT2D eigenvalue weighted by molar-refractivity contribution is -0.137. The zero-order chi connectivity index (χ0) is 13.6. The number of thiazole rings is 1. The van der Waals surface area contributed by atoms with E-state index in [1.807, 2.05) is 18.2 Å². The lowest BCUT2D eigenvalue weighted by Gasteiger charge is -2.23. The molecule has 0 fully saturated rings. The number of rotatable bonds is 2. The monoisotopic (exact) mass is 275 g/mol. The molecule has 0 amide bonds. The van der Waals surface area contributed by atoms with Crippen molar-refractivity contribution in [3.63, 3.8) is 0 Å². The van der Waals surface area contributed by atoms with Crippen LogP contribution >= 0.6 is 11.3 Å². The fourth-order valence-corrected chi connectivity index (χ4v) is 3.82. The van der Waals surface area contributed by atoms with Crippen molar-refractivity contribution in [2.45, 2.75) is 25.8 Å². The normalized spacial score (nSPS) is 16.8. The van der Waals surface area contributed by atoms with Crippen molar-refractivity contribution in [3.8, 4) is 11.3 Å². The predicted octanol–water partition coefficient (Wildman–Crippen LogP) is 2.32. The number of carboxylic acid groups (broad SMARTS) is 1. The SMILES string of the molecule is CC1Cc2sc(=O)n(CC(=O)O)c2-c2ccccc21. The molecule has 0 spiro atoms. The zero-order valence-electron chi connectivity index (χ0n) is 10.4. The maximum absolute atomic E-state index is 12.0. The summed E-state index contributed by atoms with van der Waals surface area (Å²) >= 11 is 1.17. The largest absolute Gasteiger partial charge is 0.480 e. The van der Waals surface area contributed by atoms with Gasteiger partial charge in [0.25, 0.3) is 0 Å². The van der Waals surface area contributed by atoms with Crippen molar-refractivity contribution >= 4 is 17.3 Å². The lowest BCUT2D eigenvalue weighted by Crippen LogP contribution is -2.21. The lowest BCUT2D eigenvalue weighted by atomic mass is 9.85. The Morgan fingerprint density at radius 3 is 2.95 bits per heavy atom. The van der Waals surface area contributed by atoms with E-state index in [4.69, 9.17) is 5.11 Å². The summed E-state index contributed by atoms with van der Waals surface area (Å²) in [6.07, 6.45) is 0.804. The highest BCUT2D eigenvalue weighted by atomic mass is 32.1. The van der Waals surface area contributed by atoms with Crippen LogP contribution < -0.4 is 4.87 Å². The first-order chi connectivity index (χ1) is 9.08. The highest BCUT2D eigenvalue weighted by Crippen LogP contribution is 2.40. The van der Waals surface area contributed by atoms with Gasteiger partial charge in [0.2, 0.25) is 0 Å². The Labute approximate surface area is 113 Å². The van der Waals surface area contributed by atoms with E-state index in [0.717, 1.165) is 22.6 Å². The molecule has 98 valence electrons. The molecular weight excluding hydrogens is 262 g/mol. The van der Waals surface area contributed by atoms with Crippen LogP contribution in [0.1, 0.15) is 23.3 Å².